The van der Waals surface area contributed by atoms with Crippen LogP contribution in [-0.4, -0.2) is 37.4 Å². The molecular weight excluding hydrogens is 358 g/mol. The molecular formula is C17H17N3O5S. The SMILES string of the molecule is COc1cc(C(=O)NCc2nc(-c3cccs3)no2)cc(OC)c1OC. The van der Waals surface area contributed by atoms with E-state index in [9.17, 15) is 4.79 Å². The van der Waals surface area contributed by atoms with Gasteiger partial charge in [-0.3, -0.25) is 4.79 Å². The molecule has 0 spiro atoms. The molecule has 3 aromatic rings. The molecule has 2 heterocycles. The largest absolute Gasteiger partial charge is 0.493 e. The summed E-state index contributed by atoms with van der Waals surface area (Å²) < 4.78 is 20.9. The molecule has 8 nitrogen and oxygen atoms in total. The van der Waals surface area contributed by atoms with Gasteiger partial charge in [-0.15, -0.1) is 11.3 Å². The number of carbonyl (C=O) groups excluding carboxylic acids is 1. The predicted molar refractivity (Wildman–Crippen MR) is 94.9 cm³/mol. The number of thiophene rings is 1. The van der Waals surface area contributed by atoms with Gasteiger partial charge in [0.2, 0.25) is 17.5 Å². The zero-order chi connectivity index (χ0) is 18.5. The van der Waals surface area contributed by atoms with Crippen LogP contribution < -0.4 is 19.5 Å². The number of carbonyl (C=O) groups is 1. The van der Waals surface area contributed by atoms with Gasteiger partial charge >= 0.3 is 0 Å². The third-order valence-corrected chi connectivity index (χ3v) is 4.40. The quantitative estimate of drug-likeness (QED) is 0.678. The van der Waals surface area contributed by atoms with Crippen LogP contribution in [0.15, 0.2) is 34.2 Å². The van der Waals surface area contributed by atoms with E-state index in [0.717, 1.165) is 4.88 Å². The van der Waals surface area contributed by atoms with Crippen LogP contribution in [-0.2, 0) is 6.54 Å². The lowest BCUT2D eigenvalue weighted by molar-refractivity contribution is 0.0945. The first-order chi connectivity index (χ1) is 12.7. The molecule has 1 N–H and O–H groups in total. The lowest BCUT2D eigenvalue weighted by atomic mass is 10.1. The summed E-state index contributed by atoms with van der Waals surface area (Å²) in [6, 6.07) is 6.94. The predicted octanol–water partition coefficient (Wildman–Crippen LogP) is 2.75. The smallest absolute Gasteiger partial charge is 0.251 e. The van der Waals surface area contributed by atoms with Gasteiger partial charge in [0.25, 0.3) is 5.91 Å². The fraction of sp³-hybridized carbons (Fsp3) is 0.235. The second-order valence-corrected chi connectivity index (χ2v) is 6.03. The van der Waals surface area contributed by atoms with Gasteiger partial charge < -0.3 is 24.1 Å². The summed E-state index contributed by atoms with van der Waals surface area (Å²) in [6.07, 6.45) is 0. The highest BCUT2D eigenvalue weighted by Gasteiger charge is 2.17. The molecule has 9 heteroatoms. The number of nitrogens with one attached hydrogen (secondary N) is 1. The van der Waals surface area contributed by atoms with Crippen molar-refractivity contribution in [2.24, 2.45) is 0 Å². The number of methoxy groups -OCH3 is 3. The Morgan fingerprint density at radius 1 is 1.19 bits per heavy atom. The van der Waals surface area contributed by atoms with Crippen LogP contribution in [0.3, 0.4) is 0 Å². The molecule has 0 fully saturated rings. The molecule has 26 heavy (non-hydrogen) atoms. The molecule has 0 saturated heterocycles. The number of nitrogens with zero attached hydrogens (tertiary/aromatic N) is 2. The third-order valence-electron chi connectivity index (χ3n) is 3.54. The first-order valence-electron chi connectivity index (χ1n) is 7.61. The minimum atomic E-state index is -0.333. The monoisotopic (exact) mass is 375 g/mol. The summed E-state index contributed by atoms with van der Waals surface area (Å²) in [5, 5.41) is 8.56. The van der Waals surface area contributed by atoms with Gasteiger partial charge in [-0.25, -0.2) is 0 Å². The minimum absolute atomic E-state index is 0.105. The molecule has 1 aromatic carbocycles. The fourth-order valence-corrected chi connectivity index (χ4v) is 2.95. The normalized spacial score (nSPS) is 10.4. The van der Waals surface area contributed by atoms with Crippen molar-refractivity contribution in [1.82, 2.24) is 15.5 Å². The maximum Gasteiger partial charge on any atom is 0.251 e. The Morgan fingerprint density at radius 3 is 2.50 bits per heavy atom. The van der Waals surface area contributed by atoms with Crippen molar-refractivity contribution in [2.45, 2.75) is 6.54 Å². The van der Waals surface area contributed by atoms with Crippen molar-refractivity contribution >= 4 is 17.2 Å². The first-order valence-corrected chi connectivity index (χ1v) is 8.49. The Morgan fingerprint density at radius 2 is 1.92 bits per heavy atom. The molecule has 1 amide bonds. The Balaban J connectivity index is 1.72. The molecule has 0 unspecified atom stereocenters. The van der Waals surface area contributed by atoms with E-state index < -0.39 is 0 Å². The third kappa shape index (κ3) is 3.62. The Labute approximate surface area is 153 Å². The van der Waals surface area contributed by atoms with Crippen molar-refractivity contribution in [3.63, 3.8) is 0 Å². The van der Waals surface area contributed by atoms with Gasteiger partial charge in [0, 0.05) is 5.56 Å². The maximum absolute atomic E-state index is 12.4. The zero-order valence-corrected chi connectivity index (χ0v) is 15.3. The van der Waals surface area contributed by atoms with Gasteiger partial charge in [0.05, 0.1) is 32.8 Å². The fourth-order valence-electron chi connectivity index (χ4n) is 2.30. The van der Waals surface area contributed by atoms with Crippen LogP contribution in [0.2, 0.25) is 0 Å². The van der Waals surface area contributed by atoms with Crippen LogP contribution in [0.4, 0.5) is 0 Å². The summed E-state index contributed by atoms with van der Waals surface area (Å²) in [7, 11) is 4.48. The van der Waals surface area contributed by atoms with E-state index in [1.165, 1.54) is 32.7 Å². The van der Waals surface area contributed by atoms with E-state index in [1.54, 1.807) is 12.1 Å². The molecule has 0 radical (unpaired) electrons. The molecule has 0 aliphatic rings. The van der Waals surface area contributed by atoms with E-state index in [2.05, 4.69) is 15.5 Å². The molecule has 2 aromatic heterocycles. The Kier molecular flexibility index (Phi) is 5.37. The molecule has 0 aliphatic carbocycles. The van der Waals surface area contributed by atoms with Crippen LogP contribution in [0, 0.1) is 0 Å². The standard InChI is InChI=1S/C17H17N3O5S/c1-22-11-7-10(8-12(23-2)15(11)24-3)17(21)18-9-14-19-16(20-25-14)13-5-4-6-26-13/h4-8H,9H2,1-3H3,(H,18,21). The molecule has 0 saturated carbocycles. The minimum Gasteiger partial charge on any atom is -0.493 e. The van der Waals surface area contributed by atoms with Crippen molar-refractivity contribution in [3.05, 3.63) is 41.1 Å². The van der Waals surface area contributed by atoms with Gasteiger partial charge in [0.1, 0.15) is 0 Å². The highest BCUT2D eigenvalue weighted by molar-refractivity contribution is 7.13. The molecule has 0 atom stereocenters. The number of hydrogen-bond donors (Lipinski definition) is 1. The van der Waals surface area contributed by atoms with Crippen LogP contribution in [0.5, 0.6) is 17.2 Å². The number of aromatic nitrogens is 2. The van der Waals surface area contributed by atoms with Gasteiger partial charge in [0.15, 0.2) is 11.5 Å². The molecule has 136 valence electrons. The lowest BCUT2D eigenvalue weighted by Gasteiger charge is -2.13. The second kappa shape index (κ2) is 7.87. The van der Waals surface area contributed by atoms with Gasteiger partial charge in [-0.2, -0.15) is 4.98 Å². The maximum atomic E-state index is 12.4. The average Bonchev–Trinajstić information content (AvgIpc) is 3.36. The topological polar surface area (TPSA) is 95.7 Å². The lowest BCUT2D eigenvalue weighted by Crippen LogP contribution is -2.23. The Hall–Kier alpha value is -3.07. The van der Waals surface area contributed by atoms with Crippen molar-refractivity contribution in [2.75, 3.05) is 21.3 Å². The van der Waals surface area contributed by atoms with Crippen LogP contribution in [0.25, 0.3) is 10.7 Å². The summed E-state index contributed by atoms with van der Waals surface area (Å²) >= 11 is 1.51. The summed E-state index contributed by atoms with van der Waals surface area (Å²) in [6.45, 7) is 0.105. The highest BCUT2D eigenvalue weighted by Crippen LogP contribution is 2.38. The van der Waals surface area contributed by atoms with Crippen molar-refractivity contribution in [3.8, 4) is 28.0 Å². The van der Waals surface area contributed by atoms with Gasteiger partial charge in [-0.1, -0.05) is 11.2 Å². The van der Waals surface area contributed by atoms with Crippen LogP contribution in [0.1, 0.15) is 16.2 Å². The second-order valence-electron chi connectivity index (χ2n) is 5.09. The summed E-state index contributed by atoms with van der Waals surface area (Å²) in [5.41, 5.74) is 0.359. The number of ether oxygens (including phenoxy) is 3. The number of rotatable bonds is 7. The molecule has 3 rings (SSSR count). The number of hydrogen-bond acceptors (Lipinski definition) is 8. The number of benzene rings is 1. The summed E-state index contributed by atoms with van der Waals surface area (Å²) in [4.78, 5) is 17.6. The first kappa shape index (κ1) is 17.7. The van der Waals surface area contributed by atoms with Crippen LogP contribution >= 0.6 is 11.3 Å². The Bertz CT molecular complexity index is 867. The van der Waals surface area contributed by atoms with E-state index in [0.29, 0.717) is 34.5 Å². The van der Waals surface area contributed by atoms with E-state index in [4.69, 9.17) is 18.7 Å². The van der Waals surface area contributed by atoms with E-state index in [-0.39, 0.29) is 12.5 Å². The molecule has 0 bridgehead atoms. The van der Waals surface area contributed by atoms with E-state index >= 15 is 0 Å². The highest BCUT2D eigenvalue weighted by atomic mass is 32.1. The van der Waals surface area contributed by atoms with Crippen molar-refractivity contribution in [1.29, 1.82) is 0 Å². The van der Waals surface area contributed by atoms with Gasteiger partial charge in [-0.05, 0) is 23.6 Å². The molecule has 0 aliphatic heterocycles. The summed E-state index contributed by atoms with van der Waals surface area (Å²) in [5.74, 6) is 1.69. The zero-order valence-electron chi connectivity index (χ0n) is 14.4. The average molecular weight is 375 g/mol. The number of amides is 1. The van der Waals surface area contributed by atoms with E-state index in [1.807, 2.05) is 17.5 Å². The van der Waals surface area contributed by atoms with Crippen molar-refractivity contribution < 1.29 is 23.5 Å².